The summed E-state index contributed by atoms with van der Waals surface area (Å²) in [4.78, 5) is 42.5. The van der Waals surface area contributed by atoms with E-state index >= 15 is 0 Å². The molecule has 0 unspecified atom stereocenters. The number of amides is 2. The van der Waals surface area contributed by atoms with Crippen molar-refractivity contribution in [2.75, 3.05) is 19.9 Å². The summed E-state index contributed by atoms with van der Waals surface area (Å²) in [7, 11) is 0. The van der Waals surface area contributed by atoms with E-state index in [1.807, 2.05) is 13.0 Å². The van der Waals surface area contributed by atoms with Crippen LogP contribution in [0.3, 0.4) is 0 Å². The summed E-state index contributed by atoms with van der Waals surface area (Å²) in [6.45, 7) is 1.16. The number of nitrogens with one attached hydrogen (secondary N) is 1. The molecular weight excluding hydrogens is 555 g/mol. The van der Waals surface area contributed by atoms with Crippen LogP contribution in [0.5, 0.6) is 5.75 Å². The number of fused-ring (bicyclic) bond motifs is 4. The average molecular weight is 586 g/mol. The first-order valence-corrected chi connectivity index (χ1v) is 13.6. The van der Waals surface area contributed by atoms with Gasteiger partial charge in [0.05, 0.1) is 12.6 Å². The van der Waals surface area contributed by atoms with Crippen molar-refractivity contribution in [3.8, 4) is 5.75 Å². The number of aliphatic hydroxyl groups excluding tert-OH is 1. The average Bonchev–Trinajstić information content (AvgIpc) is 3.11. The van der Waals surface area contributed by atoms with Crippen LogP contribution in [0.15, 0.2) is 53.5 Å². The third-order valence-electron chi connectivity index (χ3n) is 7.85. The van der Waals surface area contributed by atoms with E-state index in [0.717, 1.165) is 5.56 Å². The lowest BCUT2D eigenvalue weighted by molar-refractivity contribution is -0.0274. The fraction of sp³-hybridized carbons (Fsp3) is 0.367. The number of hydrogen-bond acceptors (Lipinski definition) is 6. The van der Waals surface area contributed by atoms with Gasteiger partial charge in [-0.3, -0.25) is 14.4 Å². The number of aromatic nitrogens is 1. The summed E-state index contributed by atoms with van der Waals surface area (Å²) < 4.78 is 54.6. The highest BCUT2D eigenvalue weighted by atomic mass is 19.1. The Hall–Kier alpha value is -4.16. The molecule has 1 fully saturated rings. The zero-order valence-corrected chi connectivity index (χ0v) is 22.8. The van der Waals surface area contributed by atoms with Crippen LogP contribution in [0.25, 0.3) is 0 Å². The molecule has 12 heteroatoms. The van der Waals surface area contributed by atoms with Gasteiger partial charge in [0.15, 0.2) is 11.4 Å². The third kappa shape index (κ3) is 5.77. The number of ether oxygens (including phenoxy) is 2. The maximum absolute atomic E-state index is 14.2. The molecule has 0 saturated carbocycles. The fourth-order valence-electron chi connectivity index (χ4n) is 5.58. The van der Waals surface area contributed by atoms with E-state index in [1.54, 1.807) is 33.7 Å². The van der Waals surface area contributed by atoms with Gasteiger partial charge in [-0.2, -0.15) is 0 Å². The van der Waals surface area contributed by atoms with E-state index in [-0.39, 0.29) is 43.2 Å². The van der Waals surface area contributed by atoms with E-state index in [4.69, 9.17) is 9.47 Å². The largest absolute Gasteiger partial charge is 0.483 e. The zero-order chi connectivity index (χ0) is 30.0. The first-order valence-electron chi connectivity index (χ1n) is 13.6. The molecule has 2 amide bonds. The number of aliphatic hydroxyl groups is 1. The molecule has 42 heavy (non-hydrogen) atoms. The lowest BCUT2D eigenvalue weighted by Crippen LogP contribution is -2.49. The van der Waals surface area contributed by atoms with Crippen LogP contribution in [0.4, 0.5) is 13.2 Å². The lowest BCUT2D eigenvalue weighted by Gasteiger charge is -2.39. The second kappa shape index (κ2) is 12.4. The molecule has 3 aromatic rings. The van der Waals surface area contributed by atoms with Gasteiger partial charge in [0.25, 0.3) is 11.8 Å². The molecule has 2 aliphatic heterocycles. The Morgan fingerprint density at radius 1 is 1.10 bits per heavy atom. The molecule has 1 aromatic heterocycles. The molecule has 0 spiro atoms. The molecule has 0 radical (unpaired) electrons. The standard InChI is InChI=1S/C30H30F3N3O6/c1-17-7-8-19(15-41-16-37)25-13-35(17)30(40)26-28(42-14-18-5-3-2-4-6-18)27(38)22(12-36(25)26)29(39)34-11-21-23(32)9-20(31)10-24(21)33/h2-6,9-10,12,17,19,25,37H,7-8,11,13-16H2,1H3,(H,34,39)/t17-,19-,25+/m0/s1. The summed E-state index contributed by atoms with van der Waals surface area (Å²) in [6.07, 6.45) is 2.57. The van der Waals surface area contributed by atoms with Crippen molar-refractivity contribution >= 4 is 11.8 Å². The van der Waals surface area contributed by atoms with E-state index in [0.29, 0.717) is 25.0 Å². The molecular formula is C30H30F3N3O6. The quantitative estimate of drug-likeness (QED) is 0.372. The van der Waals surface area contributed by atoms with Gasteiger partial charge >= 0.3 is 0 Å². The molecule has 0 aliphatic carbocycles. The molecule has 3 atom stereocenters. The maximum atomic E-state index is 14.2. The monoisotopic (exact) mass is 585 g/mol. The zero-order valence-electron chi connectivity index (χ0n) is 22.8. The molecule has 3 heterocycles. The highest BCUT2D eigenvalue weighted by Gasteiger charge is 2.43. The summed E-state index contributed by atoms with van der Waals surface area (Å²) in [6, 6.07) is 9.37. The molecule has 1 saturated heterocycles. The van der Waals surface area contributed by atoms with Gasteiger partial charge in [-0.15, -0.1) is 0 Å². The highest BCUT2D eigenvalue weighted by Crippen LogP contribution is 2.38. The van der Waals surface area contributed by atoms with Crippen molar-refractivity contribution in [2.24, 2.45) is 5.92 Å². The molecule has 2 aliphatic rings. The van der Waals surface area contributed by atoms with Crippen molar-refractivity contribution in [3.05, 3.63) is 98.7 Å². The van der Waals surface area contributed by atoms with E-state index < -0.39 is 65.2 Å². The Bertz CT molecular complexity index is 1520. The van der Waals surface area contributed by atoms with Crippen molar-refractivity contribution in [1.82, 2.24) is 14.8 Å². The SMILES string of the molecule is C[C@H]1CC[C@@H](COCO)[C@H]2CN1C(=O)c1c(OCc3ccccc3)c(=O)c(C(=O)NCc3c(F)cc(F)cc3F)cn12. The predicted octanol–water partition coefficient (Wildman–Crippen LogP) is 3.54. The van der Waals surface area contributed by atoms with E-state index in [9.17, 15) is 32.7 Å². The number of hydrogen-bond donors (Lipinski definition) is 2. The Morgan fingerprint density at radius 3 is 2.50 bits per heavy atom. The minimum Gasteiger partial charge on any atom is -0.483 e. The lowest BCUT2D eigenvalue weighted by atomic mass is 9.94. The summed E-state index contributed by atoms with van der Waals surface area (Å²) >= 11 is 0. The van der Waals surface area contributed by atoms with Gasteiger partial charge in [-0.25, -0.2) is 13.2 Å². The highest BCUT2D eigenvalue weighted by molar-refractivity contribution is 5.99. The van der Waals surface area contributed by atoms with Gasteiger partial charge in [-0.1, -0.05) is 30.3 Å². The predicted molar refractivity (Wildman–Crippen MR) is 144 cm³/mol. The first kappa shape index (κ1) is 29.3. The van der Waals surface area contributed by atoms with Crippen LogP contribution in [-0.4, -0.2) is 52.4 Å². The van der Waals surface area contributed by atoms with Gasteiger partial charge in [-0.05, 0) is 25.3 Å². The second-order valence-corrected chi connectivity index (χ2v) is 10.5. The number of carbonyl (C=O) groups excluding carboxylic acids is 2. The van der Waals surface area contributed by atoms with Crippen molar-refractivity contribution in [1.29, 1.82) is 0 Å². The summed E-state index contributed by atoms with van der Waals surface area (Å²) in [5, 5.41) is 11.6. The van der Waals surface area contributed by atoms with Crippen LogP contribution in [0.1, 0.15) is 57.8 Å². The van der Waals surface area contributed by atoms with Gasteiger partial charge in [0.2, 0.25) is 5.43 Å². The molecule has 2 N–H and O–H groups in total. The summed E-state index contributed by atoms with van der Waals surface area (Å²) in [5.74, 6) is -5.36. The Labute approximate surface area is 239 Å². The number of halogens is 3. The van der Waals surface area contributed by atoms with Gasteiger partial charge in [0, 0.05) is 48.9 Å². The first-order chi connectivity index (χ1) is 20.2. The Kier molecular flexibility index (Phi) is 8.64. The van der Waals surface area contributed by atoms with Gasteiger partial charge in [0.1, 0.15) is 36.4 Å². The topological polar surface area (TPSA) is 110 Å². The number of benzene rings is 2. The van der Waals surface area contributed by atoms with Crippen LogP contribution >= 0.6 is 0 Å². The number of pyridine rings is 1. The van der Waals surface area contributed by atoms with E-state index in [2.05, 4.69) is 5.32 Å². The van der Waals surface area contributed by atoms with Crippen LogP contribution in [0.2, 0.25) is 0 Å². The fourth-order valence-corrected chi connectivity index (χ4v) is 5.58. The van der Waals surface area contributed by atoms with Crippen LogP contribution in [0, 0.1) is 23.4 Å². The minimum absolute atomic E-state index is 0.0119. The molecule has 5 rings (SSSR count). The normalized spacial score (nSPS) is 19.7. The number of rotatable bonds is 9. The second-order valence-electron chi connectivity index (χ2n) is 10.5. The van der Waals surface area contributed by atoms with E-state index in [1.165, 1.54) is 6.20 Å². The third-order valence-corrected chi connectivity index (χ3v) is 7.85. The summed E-state index contributed by atoms with van der Waals surface area (Å²) in [5.41, 5.74) is -1.13. The van der Waals surface area contributed by atoms with Crippen LogP contribution in [-0.2, 0) is 17.9 Å². The van der Waals surface area contributed by atoms with Crippen LogP contribution < -0.4 is 15.5 Å². The number of carbonyl (C=O) groups is 2. The maximum Gasteiger partial charge on any atom is 0.274 e. The molecule has 9 nitrogen and oxygen atoms in total. The molecule has 2 aromatic carbocycles. The van der Waals surface area contributed by atoms with Crippen molar-refractivity contribution in [2.45, 2.75) is 45.0 Å². The number of nitrogens with zero attached hydrogens (tertiary/aromatic N) is 2. The minimum atomic E-state index is -1.19. The molecule has 222 valence electrons. The molecule has 2 bridgehead atoms. The van der Waals surface area contributed by atoms with Crippen molar-refractivity contribution in [3.63, 3.8) is 0 Å². The smallest absolute Gasteiger partial charge is 0.274 e. The van der Waals surface area contributed by atoms with Crippen molar-refractivity contribution < 1.29 is 37.3 Å². The van der Waals surface area contributed by atoms with Gasteiger partial charge < -0.3 is 29.4 Å². The Morgan fingerprint density at radius 2 is 1.81 bits per heavy atom. The Balaban J connectivity index is 1.58.